The van der Waals surface area contributed by atoms with Gasteiger partial charge in [-0.15, -0.1) is 0 Å². The smallest absolute Gasteiger partial charge is 0.264 e. The van der Waals surface area contributed by atoms with Gasteiger partial charge in [0.1, 0.15) is 24.2 Å². The Labute approximate surface area is 270 Å². The number of nitrogens with zero attached hydrogens (tertiary/aromatic N) is 2. The minimum absolute atomic E-state index is 0.0180. The highest BCUT2D eigenvalue weighted by atomic mass is 32.2. The van der Waals surface area contributed by atoms with Gasteiger partial charge in [0, 0.05) is 25.1 Å². The van der Waals surface area contributed by atoms with Crippen LogP contribution in [0.25, 0.3) is 0 Å². The van der Waals surface area contributed by atoms with E-state index in [1.54, 1.807) is 54.6 Å². The highest BCUT2D eigenvalue weighted by Crippen LogP contribution is 2.33. The van der Waals surface area contributed by atoms with E-state index in [-0.39, 0.29) is 34.9 Å². The van der Waals surface area contributed by atoms with E-state index in [2.05, 4.69) is 5.32 Å². The van der Waals surface area contributed by atoms with Crippen molar-refractivity contribution in [1.82, 2.24) is 10.2 Å². The molecule has 1 unspecified atom stereocenters. The van der Waals surface area contributed by atoms with Gasteiger partial charge in [-0.2, -0.15) is 0 Å². The van der Waals surface area contributed by atoms with Crippen LogP contribution in [-0.4, -0.2) is 51.4 Å². The monoisotopic (exact) mass is 645 g/mol. The van der Waals surface area contributed by atoms with Gasteiger partial charge in [-0.3, -0.25) is 13.9 Å². The number of halogens is 1. The van der Waals surface area contributed by atoms with Crippen molar-refractivity contribution >= 4 is 27.5 Å². The molecule has 0 aliphatic rings. The number of carbonyl (C=O) groups is 2. The number of amides is 2. The highest BCUT2D eigenvalue weighted by Gasteiger charge is 2.35. The third kappa shape index (κ3) is 8.51. The second kappa shape index (κ2) is 16.0. The summed E-state index contributed by atoms with van der Waals surface area (Å²) in [7, 11) is -2.89. The Hall–Kier alpha value is -4.70. The fourth-order valence-corrected chi connectivity index (χ4v) is 6.48. The molecule has 0 bridgehead atoms. The predicted octanol–water partition coefficient (Wildman–Crippen LogP) is 5.89. The minimum Gasteiger partial charge on any atom is -0.495 e. The zero-order valence-corrected chi connectivity index (χ0v) is 27.2. The summed E-state index contributed by atoms with van der Waals surface area (Å²) >= 11 is 0. The number of para-hydroxylation sites is 2. The second-order valence-electron chi connectivity index (χ2n) is 11.0. The normalized spacial score (nSPS) is 11.8. The van der Waals surface area contributed by atoms with E-state index in [9.17, 15) is 18.0 Å². The maximum absolute atomic E-state index is 15.1. The molecular formula is C36H40FN3O5S. The first kappa shape index (κ1) is 34.2. The predicted molar refractivity (Wildman–Crippen MR) is 178 cm³/mol. The van der Waals surface area contributed by atoms with Crippen LogP contribution < -0.4 is 14.4 Å². The fourth-order valence-electron chi connectivity index (χ4n) is 5.06. The van der Waals surface area contributed by atoms with Crippen molar-refractivity contribution in [3.8, 4) is 5.75 Å². The van der Waals surface area contributed by atoms with Crippen molar-refractivity contribution in [3.63, 3.8) is 0 Å². The molecule has 46 heavy (non-hydrogen) atoms. The molecule has 4 rings (SSSR count). The molecule has 1 atom stereocenters. The van der Waals surface area contributed by atoms with Crippen molar-refractivity contribution < 1.29 is 27.1 Å². The number of ether oxygens (including phenoxy) is 1. The fraction of sp³-hybridized carbons (Fsp3) is 0.278. The largest absolute Gasteiger partial charge is 0.495 e. The van der Waals surface area contributed by atoms with E-state index in [0.29, 0.717) is 6.54 Å². The Morgan fingerprint density at radius 2 is 1.54 bits per heavy atom. The Morgan fingerprint density at radius 1 is 0.891 bits per heavy atom. The summed E-state index contributed by atoms with van der Waals surface area (Å²) in [6.45, 7) is 3.32. The van der Waals surface area contributed by atoms with Crippen molar-refractivity contribution in [1.29, 1.82) is 0 Å². The van der Waals surface area contributed by atoms with Gasteiger partial charge in [-0.05, 0) is 49.2 Å². The summed E-state index contributed by atoms with van der Waals surface area (Å²) in [6.07, 6.45) is 1.73. The molecule has 0 saturated carbocycles. The van der Waals surface area contributed by atoms with Crippen LogP contribution in [0.5, 0.6) is 5.75 Å². The van der Waals surface area contributed by atoms with Crippen LogP contribution in [0.3, 0.4) is 0 Å². The van der Waals surface area contributed by atoms with Gasteiger partial charge in [0.2, 0.25) is 11.8 Å². The SMILES string of the molecule is CCCCNC(=O)C(Cc1ccccc1)N(Cc1ccccc1F)C(=O)CN(c1ccccc1OC)S(=O)(=O)c1ccc(C)cc1. The number of sulfonamides is 1. The van der Waals surface area contributed by atoms with Crippen LogP contribution in [0.4, 0.5) is 10.1 Å². The van der Waals surface area contributed by atoms with E-state index >= 15 is 4.39 Å². The standard InChI is InChI=1S/C36H40FN3O5S/c1-4-5-23-38-36(42)33(24-28-13-7-6-8-14-28)39(25-29-15-9-10-16-31(29)37)35(41)26-40(32-17-11-12-18-34(32)45-3)46(43,44)30-21-19-27(2)20-22-30/h6-22,33H,4-5,23-26H2,1-3H3,(H,38,42). The lowest BCUT2D eigenvalue weighted by atomic mass is 10.0. The Balaban J connectivity index is 1.82. The molecule has 4 aromatic carbocycles. The highest BCUT2D eigenvalue weighted by molar-refractivity contribution is 7.92. The van der Waals surface area contributed by atoms with Gasteiger partial charge in [-0.25, -0.2) is 12.8 Å². The number of carbonyl (C=O) groups excluding carboxylic acids is 2. The molecule has 0 radical (unpaired) electrons. The summed E-state index contributed by atoms with van der Waals surface area (Å²) in [4.78, 5) is 29.6. The van der Waals surface area contributed by atoms with Gasteiger partial charge in [0.25, 0.3) is 10.0 Å². The number of anilines is 1. The molecule has 0 saturated heterocycles. The molecule has 10 heteroatoms. The van der Waals surface area contributed by atoms with Crippen LogP contribution in [0.1, 0.15) is 36.5 Å². The number of hydrogen-bond acceptors (Lipinski definition) is 5. The molecule has 0 aliphatic carbocycles. The van der Waals surface area contributed by atoms with Crippen molar-refractivity contribution in [2.75, 3.05) is 24.5 Å². The lowest BCUT2D eigenvalue weighted by Gasteiger charge is -2.34. The summed E-state index contributed by atoms with van der Waals surface area (Å²) in [5.74, 6) is -1.40. The maximum Gasteiger partial charge on any atom is 0.264 e. The molecule has 0 aromatic heterocycles. The molecule has 0 spiro atoms. The zero-order chi connectivity index (χ0) is 33.1. The van der Waals surface area contributed by atoms with E-state index in [4.69, 9.17) is 4.74 Å². The first-order valence-electron chi connectivity index (χ1n) is 15.2. The summed E-state index contributed by atoms with van der Waals surface area (Å²) in [5.41, 5.74) is 2.00. The number of methoxy groups -OCH3 is 1. The number of benzene rings is 4. The van der Waals surface area contributed by atoms with E-state index in [1.165, 1.54) is 30.2 Å². The number of unbranched alkanes of at least 4 members (excludes halogenated alkanes) is 1. The lowest BCUT2D eigenvalue weighted by molar-refractivity contribution is -0.140. The van der Waals surface area contributed by atoms with Crippen LogP contribution in [0.15, 0.2) is 108 Å². The Kier molecular flexibility index (Phi) is 11.9. The first-order chi connectivity index (χ1) is 22.1. The second-order valence-corrected chi connectivity index (χ2v) is 12.8. The molecule has 242 valence electrons. The topological polar surface area (TPSA) is 96.0 Å². The maximum atomic E-state index is 15.1. The Morgan fingerprint density at radius 3 is 2.22 bits per heavy atom. The first-order valence-corrected chi connectivity index (χ1v) is 16.7. The molecule has 4 aromatic rings. The number of rotatable bonds is 15. The average molecular weight is 646 g/mol. The molecule has 1 N–H and O–H groups in total. The average Bonchev–Trinajstić information content (AvgIpc) is 3.06. The zero-order valence-electron chi connectivity index (χ0n) is 26.4. The van der Waals surface area contributed by atoms with Crippen LogP contribution in [0, 0.1) is 12.7 Å². The van der Waals surface area contributed by atoms with Gasteiger partial charge < -0.3 is 15.0 Å². The van der Waals surface area contributed by atoms with Crippen LogP contribution in [-0.2, 0) is 32.6 Å². The van der Waals surface area contributed by atoms with Crippen LogP contribution in [0.2, 0.25) is 0 Å². The van der Waals surface area contributed by atoms with Crippen molar-refractivity contribution in [3.05, 3.63) is 126 Å². The van der Waals surface area contributed by atoms with Gasteiger partial charge in [0.05, 0.1) is 17.7 Å². The summed E-state index contributed by atoms with van der Waals surface area (Å²) < 4.78 is 50.0. The van der Waals surface area contributed by atoms with Crippen LogP contribution >= 0.6 is 0 Å². The molecule has 0 fully saturated rings. The summed E-state index contributed by atoms with van der Waals surface area (Å²) in [5, 5.41) is 2.93. The summed E-state index contributed by atoms with van der Waals surface area (Å²) in [6, 6.07) is 27.0. The molecule has 0 aliphatic heterocycles. The van der Waals surface area contributed by atoms with Gasteiger partial charge in [-0.1, -0.05) is 91.7 Å². The van der Waals surface area contributed by atoms with Crippen molar-refractivity contribution in [2.24, 2.45) is 0 Å². The quantitative estimate of drug-likeness (QED) is 0.163. The molecule has 2 amide bonds. The van der Waals surface area contributed by atoms with Crippen molar-refractivity contribution in [2.45, 2.75) is 50.6 Å². The molecule has 8 nitrogen and oxygen atoms in total. The minimum atomic E-state index is -4.30. The van der Waals surface area contributed by atoms with E-state index < -0.39 is 40.2 Å². The molecule has 0 heterocycles. The lowest BCUT2D eigenvalue weighted by Crippen LogP contribution is -2.53. The third-order valence-corrected chi connectivity index (χ3v) is 9.41. The third-order valence-electron chi connectivity index (χ3n) is 7.64. The number of aryl methyl sites for hydroxylation is 1. The van der Waals surface area contributed by atoms with Gasteiger partial charge >= 0.3 is 0 Å². The number of nitrogens with one attached hydrogen (secondary N) is 1. The van der Waals surface area contributed by atoms with Gasteiger partial charge in [0.15, 0.2) is 0 Å². The van der Waals surface area contributed by atoms with E-state index in [1.807, 2.05) is 44.2 Å². The Bertz CT molecular complexity index is 1720. The number of hydrogen-bond donors (Lipinski definition) is 1. The molecular weight excluding hydrogens is 605 g/mol. The van der Waals surface area contributed by atoms with E-state index in [0.717, 1.165) is 28.3 Å².